The Bertz CT molecular complexity index is 1320. The summed E-state index contributed by atoms with van der Waals surface area (Å²) in [5, 5.41) is 12.3. The van der Waals surface area contributed by atoms with Crippen molar-refractivity contribution in [3.05, 3.63) is 58.6 Å². The maximum absolute atomic E-state index is 14.5. The van der Waals surface area contributed by atoms with Crippen molar-refractivity contribution in [3.63, 3.8) is 0 Å². The molecule has 4 aliphatic rings. The lowest BCUT2D eigenvalue weighted by Gasteiger charge is -2.37. The topological polar surface area (TPSA) is 125 Å². The van der Waals surface area contributed by atoms with E-state index in [-0.39, 0.29) is 36.8 Å². The number of carbonyl (C=O) groups excluding carboxylic acids is 4. The number of nitrogens with one attached hydrogen (secondary N) is 1. The number of fused-ring (bicyclic) bond motifs is 2. The Morgan fingerprint density at radius 2 is 1.80 bits per heavy atom. The smallest absolute Gasteiger partial charge is 0.313 e. The van der Waals surface area contributed by atoms with Crippen molar-refractivity contribution in [2.45, 2.75) is 88.8 Å². The largest absolute Gasteiger partial charge is 0.455 e. The van der Waals surface area contributed by atoms with Crippen LogP contribution in [0.25, 0.3) is 0 Å². The van der Waals surface area contributed by atoms with Gasteiger partial charge in [0.2, 0.25) is 17.7 Å². The van der Waals surface area contributed by atoms with Gasteiger partial charge >= 0.3 is 5.97 Å². The van der Waals surface area contributed by atoms with Gasteiger partial charge in [-0.15, -0.1) is 0 Å². The van der Waals surface area contributed by atoms with Gasteiger partial charge in [0.05, 0.1) is 12.0 Å². The van der Waals surface area contributed by atoms with E-state index in [0.717, 1.165) is 0 Å². The van der Waals surface area contributed by atoms with Crippen LogP contribution in [0, 0.1) is 11.8 Å². The molecule has 2 fully saturated rings. The van der Waals surface area contributed by atoms with Crippen LogP contribution in [0.4, 0.5) is 0 Å². The standard InChI is InChI=1S/C33H42BrN3O7/c1-20(2)36-16-10-5-9-15-24(39)35-21(3)27(22-13-7-4-8-14-22)43-32(42)25-26-30(40)37(17-11-6-12-18-38)29(31(36)41)33(26)19-23(34)28(25)44-33/h4-5,7-8,10,13-14,19-21,25-29,38H,6,9,11-12,15-18H2,1-3H3,(H,35,39)/b10-5-/t21-,25+,26-,27+,28+,29+,33-/m1/s1. The molecule has 7 atom stereocenters. The van der Waals surface area contributed by atoms with E-state index in [1.807, 2.05) is 56.3 Å². The Morgan fingerprint density at radius 1 is 1.05 bits per heavy atom. The van der Waals surface area contributed by atoms with Gasteiger partial charge in [0.15, 0.2) is 0 Å². The molecule has 238 valence electrons. The molecule has 10 nitrogen and oxygen atoms in total. The predicted octanol–water partition coefficient (Wildman–Crippen LogP) is 3.40. The number of rotatable bonds is 7. The molecule has 4 aliphatic heterocycles. The number of hydrogen-bond donors (Lipinski definition) is 2. The van der Waals surface area contributed by atoms with Gasteiger partial charge in [-0.2, -0.15) is 0 Å². The average molecular weight is 673 g/mol. The summed E-state index contributed by atoms with van der Waals surface area (Å²) in [5.74, 6) is -3.31. The summed E-state index contributed by atoms with van der Waals surface area (Å²) in [6.45, 7) is 6.28. The van der Waals surface area contributed by atoms with Crippen LogP contribution in [-0.2, 0) is 28.7 Å². The Morgan fingerprint density at radius 3 is 2.50 bits per heavy atom. The molecule has 44 heavy (non-hydrogen) atoms. The zero-order valence-corrected chi connectivity index (χ0v) is 27.1. The number of allylic oxidation sites excluding steroid dienone is 1. The lowest BCUT2D eigenvalue weighted by Crippen LogP contribution is -2.57. The third-order valence-electron chi connectivity index (χ3n) is 9.12. The minimum absolute atomic E-state index is 0.0478. The first kappa shape index (κ1) is 32.4. The summed E-state index contributed by atoms with van der Waals surface area (Å²) in [7, 11) is 0. The molecule has 2 saturated heterocycles. The van der Waals surface area contributed by atoms with Crippen LogP contribution in [0.2, 0.25) is 0 Å². The fourth-order valence-electron chi connectivity index (χ4n) is 7.02. The molecule has 1 aromatic carbocycles. The second-order valence-electron chi connectivity index (χ2n) is 12.4. The lowest BCUT2D eigenvalue weighted by molar-refractivity contribution is -0.161. The first-order valence-electron chi connectivity index (χ1n) is 15.6. The number of amides is 3. The number of cyclic esters (lactones) is 1. The molecule has 1 aromatic rings. The van der Waals surface area contributed by atoms with Gasteiger partial charge < -0.3 is 29.7 Å². The van der Waals surface area contributed by atoms with Crippen LogP contribution in [0.1, 0.15) is 64.5 Å². The van der Waals surface area contributed by atoms with Crippen molar-refractivity contribution >= 4 is 39.6 Å². The number of carbonyl (C=O) groups is 4. The normalized spacial score (nSPS) is 33.4. The molecule has 0 aliphatic carbocycles. The molecule has 0 saturated carbocycles. The number of esters is 1. The van der Waals surface area contributed by atoms with E-state index in [0.29, 0.717) is 48.8 Å². The van der Waals surface area contributed by atoms with E-state index in [4.69, 9.17) is 9.47 Å². The van der Waals surface area contributed by atoms with Crippen LogP contribution in [0.5, 0.6) is 0 Å². The van der Waals surface area contributed by atoms with Crippen LogP contribution in [0.15, 0.2) is 53.0 Å². The summed E-state index contributed by atoms with van der Waals surface area (Å²) in [6, 6.07) is 7.52. The Kier molecular flexibility index (Phi) is 9.96. The molecule has 5 rings (SSSR count). The number of unbranched alkanes of at least 4 members (excludes halogenated alkanes) is 2. The Hall–Kier alpha value is -3.02. The monoisotopic (exact) mass is 671 g/mol. The van der Waals surface area contributed by atoms with Crippen molar-refractivity contribution < 1.29 is 33.8 Å². The Balaban J connectivity index is 1.58. The summed E-state index contributed by atoms with van der Waals surface area (Å²) in [5.41, 5.74) is -0.630. The van der Waals surface area contributed by atoms with Gasteiger partial charge in [-0.3, -0.25) is 19.2 Å². The van der Waals surface area contributed by atoms with Gasteiger partial charge in [-0.1, -0.05) is 58.4 Å². The van der Waals surface area contributed by atoms with E-state index in [9.17, 15) is 24.3 Å². The van der Waals surface area contributed by atoms with Crippen molar-refractivity contribution in [2.75, 3.05) is 19.7 Å². The number of likely N-dealkylation sites (tertiary alicyclic amines) is 1. The number of ether oxygens (including phenoxy) is 2. The summed E-state index contributed by atoms with van der Waals surface area (Å²) < 4.78 is 13.4. The molecular weight excluding hydrogens is 630 g/mol. The number of nitrogens with zero attached hydrogens (tertiary/aromatic N) is 2. The molecule has 1 spiro atoms. The molecule has 0 aromatic heterocycles. The van der Waals surface area contributed by atoms with E-state index in [1.54, 1.807) is 22.8 Å². The highest BCUT2D eigenvalue weighted by atomic mass is 79.9. The molecule has 0 unspecified atom stereocenters. The van der Waals surface area contributed by atoms with Crippen LogP contribution < -0.4 is 5.32 Å². The SMILES string of the molecule is CC(C)N1C/C=C\CCC(=O)N[C@H](C)[C@@H](c2ccccc2)OC(=O)[C@@H]2[C@H]3O[C@@]4(C=C3Br)[C@H](C1=O)N(CCCCCO)C(=O)[C@@H]24. The van der Waals surface area contributed by atoms with Gasteiger partial charge in [-0.25, -0.2) is 0 Å². The maximum atomic E-state index is 14.5. The van der Waals surface area contributed by atoms with Gasteiger partial charge in [0, 0.05) is 36.6 Å². The maximum Gasteiger partial charge on any atom is 0.313 e. The van der Waals surface area contributed by atoms with Crippen molar-refractivity contribution in [3.8, 4) is 0 Å². The number of halogens is 1. The quantitative estimate of drug-likeness (QED) is 0.259. The fourth-order valence-corrected chi connectivity index (χ4v) is 7.75. The van der Waals surface area contributed by atoms with E-state index in [2.05, 4.69) is 21.2 Å². The molecule has 0 radical (unpaired) electrons. The van der Waals surface area contributed by atoms with E-state index in [1.165, 1.54) is 0 Å². The number of aliphatic hydroxyl groups excluding tert-OH is 1. The van der Waals surface area contributed by atoms with Crippen LogP contribution in [-0.4, -0.2) is 88.1 Å². The first-order valence-corrected chi connectivity index (χ1v) is 16.4. The zero-order chi connectivity index (χ0) is 31.6. The highest BCUT2D eigenvalue weighted by Gasteiger charge is 2.75. The van der Waals surface area contributed by atoms with Crippen molar-refractivity contribution in [1.29, 1.82) is 0 Å². The molecule has 5 bridgehead atoms. The third kappa shape index (κ3) is 5.98. The zero-order valence-electron chi connectivity index (χ0n) is 25.5. The fraction of sp³-hybridized carbons (Fsp3) is 0.576. The van der Waals surface area contributed by atoms with Crippen LogP contribution >= 0.6 is 15.9 Å². The summed E-state index contributed by atoms with van der Waals surface area (Å²) in [4.78, 5) is 59.2. The summed E-state index contributed by atoms with van der Waals surface area (Å²) in [6.07, 6.45) is 6.57. The number of benzene rings is 1. The predicted molar refractivity (Wildman–Crippen MR) is 166 cm³/mol. The number of aliphatic hydroxyl groups is 1. The van der Waals surface area contributed by atoms with E-state index >= 15 is 0 Å². The minimum Gasteiger partial charge on any atom is -0.455 e. The Labute approximate surface area is 266 Å². The molecule has 11 heteroatoms. The van der Waals surface area contributed by atoms with Crippen LogP contribution in [0.3, 0.4) is 0 Å². The molecule has 3 amide bonds. The first-order chi connectivity index (χ1) is 21.1. The third-order valence-corrected chi connectivity index (χ3v) is 9.80. The van der Waals surface area contributed by atoms with Crippen molar-refractivity contribution in [2.24, 2.45) is 11.8 Å². The van der Waals surface area contributed by atoms with Gasteiger partial charge in [-0.05, 0) is 58.1 Å². The van der Waals surface area contributed by atoms with Gasteiger partial charge in [0.25, 0.3) is 0 Å². The van der Waals surface area contributed by atoms with Crippen molar-refractivity contribution in [1.82, 2.24) is 15.1 Å². The minimum atomic E-state index is -1.34. The number of hydrogen-bond acceptors (Lipinski definition) is 7. The highest BCUT2D eigenvalue weighted by molar-refractivity contribution is 9.11. The van der Waals surface area contributed by atoms with Gasteiger partial charge in [0.1, 0.15) is 29.8 Å². The molecular formula is C33H42BrN3O7. The second kappa shape index (κ2) is 13.5. The second-order valence-corrected chi connectivity index (χ2v) is 13.3. The average Bonchev–Trinajstić information content (AvgIpc) is 3.58. The lowest BCUT2D eigenvalue weighted by atomic mass is 9.74. The summed E-state index contributed by atoms with van der Waals surface area (Å²) >= 11 is 3.59. The van der Waals surface area contributed by atoms with E-state index < -0.39 is 47.7 Å². The molecule has 4 heterocycles. The molecule has 2 N–H and O–H groups in total. The highest BCUT2D eigenvalue weighted by Crippen LogP contribution is 2.59.